The standard InChI is InChI=1S/C15H22ClN/c1-11-5-4-8-17(13(11)3)15-7-6-14(10-16)12(2)9-15/h6-7,9,11,13H,4-5,8,10H2,1-3H3. The Bertz CT molecular complexity index is 389. The Hall–Kier alpha value is -0.690. The van der Waals surface area contributed by atoms with E-state index in [1.165, 1.54) is 36.2 Å². The first-order chi connectivity index (χ1) is 8.13. The molecule has 0 aromatic heterocycles. The lowest BCUT2D eigenvalue weighted by Gasteiger charge is -2.40. The summed E-state index contributed by atoms with van der Waals surface area (Å²) in [4.78, 5) is 2.54. The molecule has 0 amide bonds. The lowest BCUT2D eigenvalue weighted by molar-refractivity contribution is 0.363. The number of halogens is 1. The lowest BCUT2D eigenvalue weighted by Crippen LogP contribution is -2.42. The van der Waals surface area contributed by atoms with Gasteiger partial charge >= 0.3 is 0 Å². The molecule has 0 spiro atoms. The SMILES string of the molecule is Cc1cc(N2CCCC(C)C2C)ccc1CCl. The Balaban J connectivity index is 2.24. The molecular formula is C15H22ClN. The van der Waals surface area contributed by atoms with Crippen LogP contribution in [0.25, 0.3) is 0 Å². The minimum absolute atomic E-state index is 0.609. The summed E-state index contributed by atoms with van der Waals surface area (Å²) in [5.74, 6) is 1.40. The third-order valence-electron chi connectivity index (χ3n) is 4.18. The number of piperidine rings is 1. The first-order valence-corrected chi connectivity index (χ1v) is 7.09. The third-order valence-corrected chi connectivity index (χ3v) is 4.46. The number of nitrogens with zero attached hydrogens (tertiary/aromatic N) is 1. The molecule has 1 heterocycles. The zero-order valence-electron chi connectivity index (χ0n) is 11.0. The van der Waals surface area contributed by atoms with Gasteiger partial charge < -0.3 is 4.90 Å². The van der Waals surface area contributed by atoms with Gasteiger partial charge in [0.05, 0.1) is 0 Å². The Kier molecular flexibility index (Phi) is 3.98. The number of anilines is 1. The molecule has 0 bridgehead atoms. The van der Waals surface area contributed by atoms with E-state index in [0.29, 0.717) is 11.9 Å². The second-order valence-electron chi connectivity index (χ2n) is 5.30. The summed E-state index contributed by atoms with van der Waals surface area (Å²) in [5, 5.41) is 0. The van der Waals surface area contributed by atoms with Crippen LogP contribution in [0.1, 0.15) is 37.8 Å². The molecule has 1 aromatic rings. The van der Waals surface area contributed by atoms with Crippen molar-refractivity contribution in [2.45, 2.75) is 45.5 Å². The number of benzene rings is 1. The fourth-order valence-corrected chi connectivity index (χ4v) is 3.01. The van der Waals surface area contributed by atoms with Crippen molar-refractivity contribution in [1.82, 2.24) is 0 Å². The van der Waals surface area contributed by atoms with Gasteiger partial charge in [0.1, 0.15) is 0 Å². The highest BCUT2D eigenvalue weighted by atomic mass is 35.5. The molecule has 0 N–H and O–H groups in total. The molecule has 1 fully saturated rings. The number of hydrogen-bond donors (Lipinski definition) is 0. The summed E-state index contributed by atoms with van der Waals surface area (Å²) in [5.41, 5.74) is 3.91. The molecule has 1 aliphatic heterocycles. The highest BCUT2D eigenvalue weighted by Crippen LogP contribution is 2.29. The summed E-state index contributed by atoms with van der Waals surface area (Å²) in [6, 6.07) is 7.32. The minimum Gasteiger partial charge on any atom is -0.369 e. The van der Waals surface area contributed by atoms with Crippen molar-refractivity contribution < 1.29 is 0 Å². The van der Waals surface area contributed by atoms with Gasteiger partial charge in [0.2, 0.25) is 0 Å². The van der Waals surface area contributed by atoms with Crippen molar-refractivity contribution in [3.8, 4) is 0 Å². The Morgan fingerprint density at radius 3 is 2.76 bits per heavy atom. The van der Waals surface area contributed by atoms with E-state index in [1.54, 1.807) is 0 Å². The van der Waals surface area contributed by atoms with Gasteiger partial charge in [0, 0.05) is 24.2 Å². The zero-order valence-corrected chi connectivity index (χ0v) is 11.8. The van der Waals surface area contributed by atoms with Crippen molar-refractivity contribution in [3.63, 3.8) is 0 Å². The van der Waals surface area contributed by atoms with Crippen LogP contribution >= 0.6 is 11.6 Å². The molecule has 17 heavy (non-hydrogen) atoms. The van der Waals surface area contributed by atoms with E-state index in [-0.39, 0.29) is 0 Å². The van der Waals surface area contributed by atoms with Crippen LogP contribution in [-0.4, -0.2) is 12.6 Å². The molecule has 0 saturated carbocycles. The van der Waals surface area contributed by atoms with Crippen LogP contribution in [0.5, 0.6) is 0 Å². The van der Waals surface area contributed by atoms with Gasteiger partial charge in [0.15, 0.2) is 0 Å². The highest BCUT2D eigenvalue weighted by Gasteiger charge is 2.24. The van der Waals surface area contributed by atoms with E-state index in [9.17, 15) is 0 Å². The molecule has 1 aliphatic rings. The summed E-state index contributed by atoms with van der Waals surface area (Å²) >= 11 is 5.91. The first-order valence-electron chi connectivity index (χ1n) is 6.55. The van der Waals surface area contributed by atoms with Crippen molar-refractivity contribution in [1.29, 1.82) is 0 Å². The Morgan fingerprint density at radius 2 is 2.12 bits per heavy atom. The monoisotopic (exact) mass is 251 g/mol. The maximum Gasteiger partial charge on any atom is 0.0476 e. The molecule has 1 aromatic carbocycles. The number of alkyl halides is 1. The third kappa shape index (κ3) is 2.60. The van der Waals surface area contributed by atoms with Crippen LogP contribution in [0.3, 0.4) is 0 Å². The second-order valence-corrected chi connectivity index (χ2v) is 5.57. The van der Waals surface area contributed by atoms with Gasteiger partial charge in [0.25, 0.3) is 0 Å². The maximum absolute atomic E-state index is 5.91. The average Bonchev–Trinajstić information content (AvgIpc) is 2.32. The summed E-state index contributed by atoms with van der Waals surface area (Å²) in [6.07, 6.45) is 2.66. The topological polar surface area (TPSA) is 3.24 Å². The zero-order chi connectivity index (χ0) is 12.4. The number of aryl methyl sites for hydroxylation is 1. The largest absolute Gasteiger partial charge is 0.369 e. The van der Waals surface area contributed by atoms with Gasteiger partial charge in [-0.3, -0.25) is 0 Å². The normalized spacial score (nSPS) is 25.1. The molecular weight excluding hydrogens is 230 g/mol. The van der Waals surface area contributed by atoms with E-state index in [0.717, 1.165) is 5.92 Å². The van der Waals surface area contributed by atoms with Crippen molar-refractivity contribution in [3.05, 3.63) is 29.3 Å². The molecule has 0 radical (unpaired) electrons. The quantitative estimate of drug-likeness (QED) is 0.706. The molecule has 2 heteroatoms. The van der Waals surface area contributed by atoms with E-state index >= 15 is 0 Å². The number of hydrogen-bond acceptors (Lipinski definition) is 1. The highest BCUT2D eigenvalue weighted by molar-refractivity contribution is 6.17. The minimum atomic E-state index is 0.609. The molecule has 1 nitrogen and oxygen atoms in total. The fraction of sp³-hybridized carbons (Fsp3) is 0.600. The van der Waals surface area contributed by atoms with Gasteiger partial charge in [-0.05, 0) is 55.9 Å². The first kappa shape index (κ1) is 12.8. The molecule has 0 aliphatic carbocycles. The van der Waals surface area contributed by atoms with Crippen molar-refractivity contribution in [2.24, 2.45) is 5.92 Å². The molecule has 1 saturated heterocycles. The van der Waals surface area contributed by atoms with Crippen molar-refractivity contribution >= 4 is 17.3 Å². The van der Waals surface area contributed by atoms with Crippen LogP contribution in [0.15, 0.2) is 18.2 Å². The van der Waals surface area contributed by atoms with Gasteiger partial charge in [-0.15, -0.1) is 11.6 Å². The smallest absolute Gasteiger partial charge is 0.0476 e. The summed E-state index contributed by atoms with van der Waals surface area (Å²) < 4.78 is 0. The number of rotatable bonds is 2. The molecule has 2 unspecified atom stereocenters. The van der Waals surface area contributed by atoms with Crippen molar-refractivity contribution in [2.75, 3.05) is 11.4 Å². The van der Waals surface area contributed by atoms with Crippen LogP contribution < -0.4 is 4.90 Å². The fourth-order valence-electron chi connectivity index (χ4n) is 2.71. The predicted octanol–water partition coefficient (Wildman–Crippen LogP) is 4.36. The van der Waals surface area contributed by atoms with Crippen LogP contribution in [0.4, 0.5) is 5.69 Å². The summed E-state index contributed by atoms with van der Waals surface area (Å²) in [7, 11) is 0. The van der Waals surface area contributed by atoms with E-state index in [2.05, 4.69) is 43.9 Å². The van der Waals surface area contributed by atoms with Gasteiger partial charge in [-0.25, -0.2) is 0 Å². The van der Waals surface area contributed by atoms with Crippen LogP contribution in [0, 0.1) is 12.8 Å². The van der Waals surface area contributed by atoms with Crippen LogP contribution in [-0.2, 0) is 5.88 Å². The van der Waals surface area contributed by atoms with Gasteiger partial charge in [-0.1, -0.05) is 13.0 Å². The maximum atomic E-state index is 5.91. The molecule has 94 valence electrons. The Labute approximate surface area is 110 Å². The molecule has 2 rings (SSSR count). The molecule has 2 atom stereocenters. The second kappa shape index (κ2) is 5.30. The van der Waals surface area contributed by atoms with E-state index in [1.807, 2.05) is 0 Å². The van der Waals surface area contributed by atoms with E-state index in [4.69, 9.17) is 11.6 Å². The predicted molar refractivity (Wildman–Crippen MR) is 75.9 cm³/mol. The lowest BCUT2D eigenvalue weighted by atomic mass is 9.91. The summed E-state index contributed by atoms with van der Waals surface area (Å²) in [6.45, 7) is 8.04. The van der Waals surface area contributed by atoms with Gasteiger partial charge in [-0.2, -0.15) is 0 Å². The van der Waals surface area contributed by atoms with E-state index < -0.39 is 0 Å². The van der Waals surface area contributed by atoms with Crippen LogP contribution in [0.2, 0.25) is 0 Å². The Morgan fingerprint density at radius 1 is 1.35 bits per heavy atom. The average molecular weight is 252 g/mol.